The van der Waals surface area contributed by atoms with E-state index < -0.39 is 10.0 Å². The number of methoxy groups -OCH3 is 1. The second kappa shape index (κ2) is 7.69. The van der Waals surface area contributed by atoms with E-state index in [1.807, 2.05) is 0 Å². The molecule has 0 aromatic heterocycles. The molecular formula is C17H17BrN2O3S. The van der Waals surface area contributed by atoms with Gasteiger partial charge in [-0.2, -0.15) is 5.26 Å². The lowest BCUT2D eigenvalue weighted by atomic mass is 10.1. The SMILES string of the molecule is CCN(c1ccc(CC#N)cc1)S(=O)(=O)c1ccc(OC)c(Br)c1. The molecule has 0 fully saturated rings. The number of hydrogen-bond donors (Lipinski definition) is 0. The van der Waals surface area contributed by atoms with Crippen LogP contribution in [0.4, 0.5) is 5.69 Å². The largest absolute Gasteiger partial charge is 0.496 e. The molecule has 7 heteroatoms. The van der Waals surface area contributed by atoms with Crippen molar-refractivity contribution in [2.24, 2.45) is 0 Å². The molecule has 126 valence electrons. The van der Waals surface area contributed by atoms with Crippen LogP contribution in [-0.4, -0.2) is 22.1 Å². The van der Waals surface area contributed by atoms with Gasteiger partial charge in [-0.25, -0.2) is 8.42 Å². The normalized spacial score (nSPS) is 10.9. The molecule has 24 heavy (non-hydrogen) atoms. The zero-order valence-electron chi connectivity index (χ0n) is 13.4. The Morgan fingerprint density at radius 1 is 1.21 bits per heavy atom. The summed E-state index contributed by atoms with van der Waals surface area (Å²) in [7, 11) is -2.17. The van der Waals surface area contributed by atoms with Crippen molar-refractivity contribution in [3.8, 4) is 11.8 Å². The first-order valence-corrected chi connectivity index (χ1v) is 9.49. The van der Waals surface area contributed by atoms with Gasteiger partial charge < -0.3 is 4.74 Å². The highest BCUT2D eigenvalue weighted by Gasteiger charge is 2.24. The average molecular weight is 409 g/mol. The zero-order valence-corrected chi connectivity index (χ0v) is 15.8. The van der Waals surface area contributed by atoms with Gasteiger partial charge in [0.2, 0.25) is 0 Å². The van der Waals surface area contributed by atoms with Crippen LogP contribution in [0.5, 0.6) is 5.75 Å². The molecule has 0 heterocycles. The number of nitrogens with zero attached hydrogens (tertiary/aromatic N) is 2. The van der Waals surface area contributed by atoms with Crippen LogP contribution in [0.1, 0.15) is 12.5 Å². The summed E-state index contributed by atoms with van der Waals surface area (Å²) in [5.41, 5.74) is 1.41. The Morgan fingerprint density at radius 2 is 1.88 bits per heavy atom. The smallest absolute Gasteiger partial charge is 0.264 e. The molecule has 0 unspecified atom stereocenters. The summed E-state index contributed by atoms with van der Waals surface area (Å²) in [5, 5.41) is 8.72. The Hall–Kier alpha value is -2.04. The minimum absolute atomic E-state index is 0.179. The van der Waals surface area contributed by atoms with E-state index in [0.717, 1.165) is 5.56 Å². The van der Waals surface area contributed by atoms with Gasteiger partial charge in [0.1, 0.15) is 5.75 Å². The third-order valence-corrected chi connectivity index (χ3v) is 6.02. The van der Waals surface area contributed by atoms with E-state index in [2.05, 4.69) is 22.0 Å². The molecule has 0 aliphatic heterocycles. The summed E-state index contributed by atoms with van der Waals surface area (Å²) in [6.07, 6.45) is 0.296. The predicted octanol–water partition coefficient (Wildman–Crippen LogP) is 3.74. The van der Waals surface area contributed by atoms with Crippen LogP contribution in [0.15, 0.2) is 51.8 Å². The van der Waals surface area contributed by atoms with Crippen molar-refractivity contribution < 1.29 is 13.2 Å². The highest BCUT2D eigenvalue weighted by molar-refractivity contribution is 9.10. The van der Waals surface area contributed by atoms with Crippen LogP contribution in [0.25, 0.3) is 0 Å². The maximum atomic E-state index is 12.9. The fourth-order valence-corrected chi connectivity index (χ4v) is 4.49. The molecule has 0 amide bonds. The first-order chi connectivity index (χ1) is 11.4. The van der Waals surface area contributed by atoms with Crippen molar-refractivity contribution in [1.82, 2.24) is 0 Å². The molecule has 0 saturated heterocycles. The second-order valence-electron chi connectivity index (χ2n) is 4.97. The van der Waals surface area contributed by atoms with Crippen LogP contribution in [0.2, 0.25) is 0 Å². The summed E-state index contributed by atoms with van der Waals surface area (Å²) in [6, 6.07) is 13.7. The lowest BCUT2D eigenvalue weighted by Crippen LogP contribution is -2.30. The van der Waals surface area contributed by atoms with Crippen molar-refractivity contribution >= 4 is 31.6 Å². The molecular weight excluding hydrogens is 392 g/mol. The molecule has 2 rings (SSSR count). The van der Waals surface area contributed by atoms with Crippen molar-refractivity contribution in [2.75, 3.05) is 18.0 Å². The number of sulfonamides is 1. The van der Waals surface area contributed by atoms with Crippen molar-refractivity contribution in [1.29, 1.82) is 5.26 Å². The van der Waals surface area contributed by atoms with Gasteiger partial charge in [-0.1, -0.05) is 12.1 Å². The van der Waals surface area contributed by atoms with Crippen molar-refractivity contribution in [2.45, 2.75) is 18.2 Å². The van der Waals surface area contributed by atoms with Crippen LogP contribution in [0.3, 0.4) is 0 Å². The highest BCUT2D eigenvalue weighted by Crippen LogP contribution is 2.30. The molecule has 0 bridgehead atoms. The maximum absolute atomic E-state index is 12.9. The molecule has 2 aromatic rings. The summed E-state index contributed by atoms with van der Waals surface area (Å²) in [5.74, 6) is 0.567. The molecule has 0 aliphatic rings. The highest BCUT2D eigenvalue weighted by atomic mass is 79.9. The summed E-state index contributed by atoms with van der Waals surface area (Å²) < 4.78 is 32.9. The van der Waals surface area contributed by atoms with Crippen molar-refractivity contribution in [3.05, 3.63) is 52.5 Å². The predicted molar refractivity (Wildman–Crippen MR) is 96.7 cm³/mol. The van der Waals surface area contributed by atoms with Gasteiger partial charge >= 0.3 is 0 Å². The van der Waals surface area contributed by atoms with Crippen LogP contribution in [-0.2, 0) is 16.4 Å². The van der Waals surface area contributed by atoms with E-state index in [0.29, 0.717) is 28.9 Å². The fourth-order valence-electron chi connectivity index (χ4n) is 2.30. The molecule has 0 radical (unpaired) electrons. The van der Waals surface area contributed by atoms with Crippen LogP contribution >= 0.6 is 15.9 Å². The molecule has 5 nitrogen and oxygen atoms in total. The van der Waals surface area contributed by atoms with E-state index >= 15 is 0 Å². The number of benzene rings is 2. The molecule has 0 saturated carbocycles. The summed E-state index contributed by atoms with van der Waals surface area (Å²) >= 11 is 3.32. The lowest BCUT2D eigenvalue weighted by Gasteiger charge is -2.23. The van der Waals surface area contributed by atoms with E-state index in [9.17, 15) is 8.42 Å². The second-order valence-corrected chi connectivity index (χ2v) is 7.68. The van der Waals surface area contributed by atoms with E-state index in [4.69, 9.17) is 10.00 Å². The number of halogens is 1. The van der Waals surface area contributed by atoms with E-state index in [1.54, 1.807) is 37.3 Å². The molecule has 0 N–H and O–H groups in total. The number of nitriles is 1. The first kappa shape index (κ1) is 18.3. The Morgan fingerprint density at radius 3 is 2.38 bits per heavy atom. The third-order valence-electron chi connectivity index (χ3n) is 3.51. The first-order valence-electron chi connectivity index (χ1n) is 7.26. The Balaban J connectivity index is 2.41. The Labute approximate surface area is 150 Å². The topological polar surface area (TPSA) is 70.4 Å². The van der Waals surface area contributed by atoms with Gasteiger partial charge in [0.05, 0.1) is 34.7 Å². The van der Waals surface area contributed by atoms with Gasteiger partial charge in [0, 0.05) is 6.54 Å². The Kier molecular flexibility index (Phi) is 5.86. The number of hydrogen-bond acceptors (Lipinski definition) is 4. The van der Waals surface area contributed by atoms with Crippen LogP contribution < -0.4 is 9.04 Å². The molecule has 2 aromatic carbocycles. The van der Waals surface area contributed by atoms with Gasteiger partial charge in [-0.15, -0.1) is 0 Å². The lowest BCUT2D eigenvalue weighted by molar-refractivity contribution is 0.411. The van der Waals surface area contributed by atoms with Crippen LogP contribution in [0, 0.1) is 11.3 Å². The third kappa shape index (κ3) is 3.71. The van der Waals surface area contributed by atoms with Crippen molar-refractivity contribution in [3.63, 3.8) is 0 Å². The minimum Gasteiger partial charge on any atom is -0.496 e. The zero-order chi connectivity index (χ0) is 17.7. The summed E-state index contributed by atoms with van der Waals surface area (Å²) in [6.45, 7) is 2.07. The number of ether oxygens (including phenoxy) is 1. The van der Waals surface area contributed by atoms with Gasteiger partial charge in [0.25, 0.3) is 10.0 Å². The van der Waals surface area contributed by atoms with E-state index in [-0.39, 0.29) is 4.90 Å². The number of rotatable bonds is 6. The monoisotopic (exact) mass is 408 g/mol. The van der Waals surface area contributed by atoms with E-state index in [1.165, 1.54) is 23.5 Å². The molecule has 0 spiro atoms. The maximum Gasteiger partial charge on any atom is 0.264 e. The van der Waals surface area contributed by atoms with Gasteiger partial charge in [-0.3, -0.25) is 4.31 Å². The minimum atomic E-state index is -3.69. The quantitative estimate of drug-likeness (QED) is 0.729. The molecule has 0 atom stereocenters. The number of anilines is 1. The summed E-state index contributed by atoms with van der Waals surface area (Å²) in [4.78, 5) is 0.179. The fraction of sp³-hybridized carbons (Fsp3) is 0.235. The standard InChI is InChI=1S/C17H17BrN2O3S/c1-3-20(14-6-4-13(5-7-14)10-11-19)24(21,22)15-8-9-17(23-2)16(18)12-15/h4-9,12H,3,10H2,1-2H3. The average Bonchev–Trinajstić information content (AvgIpc) is 2.57. The molecule has 0 aliphatic carbocycles. The Bertz CT molecular complexity index is 858. The van der Waals surface area contributed by atoms with Gasteiger partial charge in [-0.05, 0) is 58.7 Å². The van der Waals surface area contributed by atoms with Gasteiger partial charge in [0.15, 0.2) is 0 Å².